The summed E-state index contributed by atoms with van der Waals surface area (Å²) in [6.45, 7) is 0. The van der Waals surface area contributed by atoms with E-state index in [1.165, 1.54) is 10.8 Å². The fourth-order valence-electron chi connectivity index (χ4n) is 3.54. The molecule has 1 radical (unpaired) electrons. The van der Waals surface area contributed by atoms with Crippen molar-refractivity contribution in [2.45, 2.75) is 0 Å². The van der Waals surface area contributed by atoms with Crippen LogP contribution in [-0.2, 0) is 20.1 Å². The van der Waals surface area contributed by atoms with Crippen LogP contribution in [0.5, 0.6) is 0 Å². The minimum absolute atomic E-state index is 0. The van der Waals surface area contributed by atoms with E-state index >= 15 is 0 Å². The van der Waals surface area contributed by atoms with Crippen LogP contribution in [0.2, 0.25) is 0 Å². The number of benzene rings is 4. The van der Waals surface area contributed by atoms with Crippen LogP contribution in [0.3, 0.4) is 0 Å². The molecule has 0 amide bonds. The maximum atomic E-state index is 4.61. The van der Waals surface area contributed by atoms with Crippen molar-refractivity contribution in [2.75, 3.05) is 0 Å². The van der Waals surface area contributed by atoms with Crippen LogP contribution < -0.4 is 0 Å². The summed E-state index contributed by atoms with van der Waals surface area (Å²) < 4.78 is 0. The standard InChI is InChI=1S/2C15H10N.Ir/c2*1-2-6-12(7-3-1)15-11-10-13-8-4-5-9-14(13)16-15;/h2*1-6,8-11H;/q2*-1;. The molecule has 0 saturated carbocycles. The van der Waals surface area contributed by atoms with Crippen molar-refractivity contribution in [1.82, 2.24) is 9.97 Å². The van der Waals surface area contributed by atoms with Crippen LogP contribution in [0.25, 0.3) is 44.3 Å². The number of para-hydroxylation sites is 2. The summed E-state index contributed by atoms with van der Waals surface area (Å²) in [6, 6.07) is 46.7. The molecule has 0 aliphatic heterocycles. The van der Waals surface area contributed by atoms with Gasteiger partial charge < -0.3 is 0 Å². The van der Waals surface area contributed by atoms with Gasteiger partial charge in [-0.3, -0.25) is 9.97 Å². The van der Waals surface area contributed by atoms with Gasteiger partial charge in [0, 0.05) is 20.1 Å². The first-order chi connectivity index (χ1) is 15.9. The Labute approximate surface area is 207 Å². The van der Waals surface area contributed by atoms with Gasteiger partial charge in [-0.1, -0.05) is 60.7 Å². The first-order valence-electron chi connectivity index (χ1n) is 10.5. The first kappa shape index (κ1) is 22.5. The van der Waals surface area contributed by atoms with Crippen LogP contribution in [0.1, 0.15) is 0 Å². The second-order valence-corrected chi connectivity index (χ2v) is 7.33. The molecule has 0 N–H and O–H groups in total. The molecule has 2 heterocycles. The van der Waals surface area contributed by atoms with Crippen LogP contribution in [0.4, 0.5) is 0 Å². The van der Waals surface area contributed by atoms with Crippen molar-refractivity contribution < 1.29 is 20.1 Å². The Morgan fingerprint density at radius 1 is 0.424 bits per heavy atom. The number of aromatic nitrogens is 2. The Bertz CT molecular complexity index is 1350. The van der Waals surface area contributed by atoms with E-state index in [2.05, 4.69) is 46.4 Å². The van der Waals surface area contributed by atoms with Crippen LogP contribution in [0.15, 0.2) is 121 Å². The largest absolute Gasteiger partial charge is 0.296 e. The van der Waals surface area contributed by atoms with Gasteiger partial charge in [-0.15, -0.1) is 71.8 Å². The third-order valence-corrected chi connectivity index (χ3v) is 5.17. The molecule has 0 atom stereocenters. The Morgan fingerprint density at radius 3 is 1.27 bits per heavy atom. The molecule has 4 aromatic carbocycles. The summed E-state index contributed by atoms with van der Waals surface area (Å²) in [5, 5.41) is 2.34. The SMILES string of the molecule is [Ir].[c-]1ccccc1-c1ccc2ccccc2n1.[c-]1ccccc1-c1ccc2ccccc2n1. The van der Waals surface area contributed by atoms with E-state index < -0.39 is 0 Å². The quantitative estimate of drug-likeness (QED) is 0.194. The summed E-state index contributed by atoms with van der Waals surface area (Å²) in [4.78, 5) is 9.23. The molecule has 0 spiro atoms. The van der Waals surface area contributed by atoms with E-state index in [9.17, 15) is 0 Å². The van der Waals surface area contributed by atoms with E-state index in [-0.39, 0.29) is 20.1 Å². The normalized spacial score (nSPS) is 10.2. The topological polar surface area (TPSA) is 25.8 Å². The average Bonchev–Trinajstić information content (AvgIpc) is 2.89. The molecule has 6 rings (SSSR count). The third kappa shape index (κ3) is 5.40. The molecule has 0 fully saturated rings. The van der Waals surface area contributed by atoms with Crippen molar-refractivity contribution in [3.8, 4) is 22.5 Å². The third-order valence-electron chi connectivity index (χ3n) is 5.17. The smallest absolute Gasteiger partial charge is 0.0595 e. The van der Waals surface area contributed by atoms with Crippen molar-refractivity contribution >= 4 is 21.8 Å². The Morgan fingerprint density at radius 2 is 0.848 bits per heavy atom. The minimum atomic E-state index is 0. The molecule has 0 saturated heterocycles. The molecule has 0 aliphatic rings. The Balaban J connectivity index is 0.000000152. The number of rotatable bonds is 2. The molecular formula is C30H20IrN2-2. The van der Waals surface area contributed by atoms with E-state index in [1.54, 1.807) is 0 Å². The summed E-state index contributed by atoms with van der Waals surface area (Å²) in [7, 11) is 0. The maximum Gasteiger partial charge on any atom is 0.0595 e. The minimum Gasteiger partial charge on any atom is -0.296 e. The fraction of sp³-hybridized carbons (Fsp3) is 0. The zero-order valence-corrected chi connectivity index (χ0v) is 20.2. The number of nitrogens with zero attached hydrogens (tertiary/aromatic N) is 2. The second-order valence-electron chi connectivity index (χ2n) is 7.33. The number of hydrogen-bond donors (Lipinski definition) is 0. The maximum absolute atomic E-state index is 4.61. The van der Waals surface area contributed by atoms with Crippen molar-refractivity contribution in [2.24, 2.45) is 0 Å². The summed E-state index contributed by atoms with van der Waals surface area (Å²) in [5.41, 5.74) is 6.06. The van der Waals surface area contributed by atoms with Gasteiger partial charge >= 0.3 is 0 Å². The van der Waals surface area contributed by atoms with E-state index in [4.69, 9.17) is 0 Å². The molecule has 33 heavy (non-hydrogen) atoms. The van der Waals surface area contributed by atoms with Crippen molar-refractivity contribution in [3.05, 3.63) is 133 Å². The molecule has 2 aromatic heterocycles. The molecule has 0 unspecified atom stereocenters. The molecule has 0 aliphatic carbocycles. The number of fused-ring (bicyclic) bond motifs is 2. The van der Waals surface area contributed by atoms with Crippen molar-refractivity contribution in [1.29, 1.82) is 0 Å². The predicted octanol–water partition coefficient (Wildman–Crippen LogP) is 7.40. The molecular weight excluding hydrogens is 581 g/mol. The molecule has 6 aromatic rings. The van der Waals surface area contributed by atoms with Gasteiger partial charge in [-0.25, -0.2) is 0 Å². The van der Waals surface area contributed by atoms with Gasteiger partial charge in [-0.2, -0.15) is 0 Å². The zero-order valence-electron chi connectivity index (χ0n) is 17.8. The predicted molar refractivity (Wildman–Crippen MR) is 132 cm³/mol. The van der Waals surface area contributed by atoms with Gasteiger partial charge in [0.2, 0.25) is 0 Å². The summed E-state index contributed by atoms with van der Waals surface area (Å²) in [5.74, 6) is 0. The van der Waals surface area contributed by atoms with Gasteiger partial charge in [0.25, 0.3) is 0 Å². The monoisotopic (exact) mass is 601 g/mol. The van der Waals surface area contributed by atoms with Gasteiger partial charge in [0.15, 0.2) is 0 Å². The van der Waals surface area contributed by atoms with E-state index in [0.29, 0.717) is 0 Å². The van der Waals surface area contributed by atoms with E-state index in [1.807, 2.05) is 97.1 Å². The Kier molecular flexibility index (Phi) is 7.36. The number of pyridine rings is 2. The van der Waals surface area contributed by atoms with Gasteiger partial charge in [0.05, 0.1) is 11.0 Å². The van der Waals surface area contributed by atoms with Crippen LogP contribution in [-0.4, -0.2) is 9.97 Å². The summed E-state index contributed by atoms with van der Waals surface area (Å²) in [6.07, 6.45) is 0. The number of hydrogen-bond acceptors (Lipinski definition) is 2. The molecule has 2 nitrogen and oxygen atoms in total. The van der Waals surface area contributed by atoms with Gasteiger partial charge in [-0.05, 0) is 34.3 Å². The van der Waals surface area contributed by atoms with Gasteiger partial charge in [0.1, 0.15) is 0 Å². The molecule has 3 heteroatoms. The Hall–Kier alpha value is -3.65. The van der Waals surface area contributed by atoms with Crippen LogP contribution >= 0.6 is 0 Å². The average molecular weight is 601 g/mol. The van der Waals surface area contributed by atoms with Crippen LogP contribution in [0, 0.1) is 12.1 Å². The second kappa shape index (κ2) is 10.8. The summed E-state index contributed by atoms with van der Waals surface area (Å²) >= 11 is 0. The first-order valence-corrected chi connectivity index (χ1v) is 10.5. The van der Waals surface area contributed by atoms with Crippen molar-refractivity contribution in [3.63, 3.8) is 0 Å². The molecule has 161 valence electrons. The zero-order chi connectivity index (χ0) is 21.6. The molecule has 0 bridgehead atoms. The fourth-order valence-corrected chi connectivity index (χ4v) is 3.54. The van der Waals surface area contributed by atoms with E-state index in [0.717, 1.165) is 33.5 Å².